The second kappa shape index (κ2) is 7.56. The third-order valence-electron chi connectivity index (χ3n) is 5.77. The molecule has 6 nitrogen and oxygen atoms in total. The summed E-state index contributed by atoms with van der Waals surface area (Å²) in [6.07, 6.45) is 7.30. The quantitative estimate of drug-likeness (QED) is 0.874. The van der Waals surface area contributed by atoms with Gasteiger partial charge in [0.15, 0.2) is 0 Å². The number of nitrogens with one attached hydrogen (secondary N) is 2. The smallest absolute Gasteiger partial charge is 0.318 e. The molecule has 0 aromatic heterocycles. The maximum atomic E-state index is 12.8. The highest BCUT2D eigenvalue weighted by Gasteiger charge is 2.37. The van der Waals surface area contributed by atoms with Gasteiger partial charge < -0.3 is 20.3 Å². The van der Waals surface area contributed by atoms with Crippen LogP contribution in [0.2, 0.25) is 0 Å². The first-order valence-corrected chi connectivity index (χ1v) is 9.81. The lowest BCUT2D eigenvalue weighted by molar-refractivity contribution is -0.125. The predicted molar refractivity (Wildman–Crippen MR) is 98.0 cm³/mol. The summed E-state index contributed by atoms with van der Waals surface area (Å²) in [7, 11) is 0. The molecular formula is C20H27N3O3. The number of hydrogen-bond donors (Lipinski definition) is 2. The topological polar surface area (TPSA) is 70.7 Å². The normalized spacial score (nSPS) is 25.5. The van der Waals surface area contributed by atoms with Gasteiger partial charge in [-0.2, -0.15) is 0 Å². The van der Waals surface area contributed by atoms with Crippen LogP contribution in [-0.2, 0) is 4.79 Å². The van der Waals surface area contributed by atoms with Crippen molar-refractivity contribution in [1.82, 2.24) is 15.5 Å². The highest BCUT2D eigenvalue weighted by atomic mass is 16.5. The molecule has 3 aliphatic rings. The van der Waals surface area contributed by atoms with Gasteiger partial charge in [-0.25, -0.2) is 4.79 Å². The van der Waals surface area contributed by atoms with Gasteiger partial charge in [-0.3, -0.25) is 4.79 Å². The molecule has 1 aliphatic carbocycles. The third kappa shape index (κ3) is 3.50. The Bertz CT molecular complexity index is 672. The molecule has 4 rings (SSSR count). The Balaban J connectivity index is 1.37. The predicted octanol–water partition coefficient (Wildman–Crippen LogP) is 2.74. The lowest BCUT2D eigenvalue weighted by atomic mass is 9.96. The van der Waals surface area contributed by atoms with Gasteiger partial charge in [0.1, 0.15) is 18.4 Å². The van der Waals surface area contributed by atoms with Crippen LogP contribution in [0.3, 0.4) is 0 Å². The average molecular weight is 357 g/mol. The summed E-state index contributed by atoms with van der Waals surface area (Å²) in [6.45, 7) is 1.10. The van der Waals surface area contributed by atoms with Gasteiger partial charge in [0.2, 0.25) is 5.91 Å². The summed E-state index contributed by atoms with van der Waals surface area (Å²) >= 11 is 0. The Kier molecular flexibility index (Phi) is 5.00. The molecule has 1 saturated carbocycles. The molecular weight excluding hydrogens is 330 g/mol. The minimum atomic E-state index is -0.383. The fraction of sp³-hybridized carbons (Fsp3) is 0.600. The van der Waals surface area contributed by atoms with E-state index < -0.39 is 0 Å². The van der Waals surface area contributed by atoms with Gasteiger partial charge in [0.25, 0.3) is 0 Å². The first-order valence-electron chi connectivity index (χ1n) is 9.81. The van der Waals surface area contributed by atoms with Crippen LogP contribution < -0.4 is 15.4 Å². The molecule has 6 heteroatoms. The summed E-state index contributed by atoms with van der Waals surface area (Å²) in [5.41, 5.74) is 1.01. The lowest BCUT2D eigenvalue weighted by Gasteiger charge is -2.29. The van der Waals surface area contributed by atoms with E-state index in [2.05, 4.69) is 10.6 Å². The van der Waals surface area contributed by atoms with E-state index in [4.69, 9.17) is 4.74 Å². The van der Waals surface area contributed by atoms with Crippen molar-refractivity contribution in [3.8, 4) is 5.75 Å². The van der Waals surface area contributed by atoms with Crippen molar-refractivity contribution in [3.05, 3.63) is 29.8 Å². The van der Waals surface area contributed by atoms with Gasteiger partial charge in [-0.15, -0.1) is 0 Å². The van der Waals surface area contributed by atoms with E-state index in [0.29, 0.717) is 13.2 Å². The zero-order chi connectivity index (χ0) is 17.9. The Morgan fingerprint density at radius 2 is 1.81 bits per heavy atom. The molecule has 2 heterocycles. The largest absolute Gasteiger partial charge is 0.491 e. The Hall–Kier alpha value is -2.24. The zero-order valence-corrected chi connectivity index (χ0v) is 15.1. The van der Waals surface area contributed by atoms with Gasteiger partial charge >= 0.3 is 6.03 Å². The van der Waals surface area contributed by atoms with Crippen LogP contribution in [0.25, 0.3) is 0 Å². The summed E-state index contributed by atoms with van der Waals surface area (Å²) in [6, 6.07) is 7.43. The molecule has 2 aliphatic heterocycles. The number of amides is 3. The third-order valence-corrected chi connectivity index (χ3v) is 5.77. The second-order valence-electron chi connectivity index (χ2n) is 7.55. The molecule has 140 valence electrons. The summed E-state index contributed by atoms with van der Waals surface area (Å²) in [4.78, 5) is 27.2. The van der Waals surface area contributed by atoms with Crippen LogP contribution in [0.15, 0.2) is 24.3 Å². The van der Waals surface area contributed by atoms with E-state index >= 15 is 0 Å². The van der Waals surface area contributed by atoms with E-state index in [9.17, 15) is 9.59 Å². The lowest BCUT2D eigenvalue weighted by Crippen LogP contribution is -2.52. The molecule has 26 heavy (non-hydrogen) atoms. The molecule has 2 fully saturated rings. The van der Waals surface area contributed by atoms with Crippen molar-refractivity contribution in [2.75, 3.05) is 13.2 Å². The number of fused-ring (bicyclic) bond motifs is 1. The second-order valence-corrected chi connectivity index (χ2v) is 7.55. The van der Waals surface area contributed by atoms with Crippen molar-refractivity contribution < 1.29 is 14.3 Å². The maximum absolute atomic E-state index is 12.8. The highest BCUT2D eigenvalue weighted by Crippen LogP contribution is 2.32. The monoisotopic (exact) mass is 357 g/mol. The molecule has 1 saturated heterocycles. The molecule has 0 bridgehead atoms. The van der Waals surface area contributed by atoms with Gasteiger partial charge in [-0.05, 0) is 31.7 Å². The number of rotatable bonds is 3. The van der Waals surface area contributed by atoms with Crippen LogP contribution in [0.5, 0.6) is 5.75 Å². The molecule has 0 spiro atoms. The molecule has 1 aromatic rings. The number of benzene rings is 1. The molecule has 3 amide bonds. The van der Waals surface area contributed by atoms with Crippen LogP contribution in [0.4, 0.5) is 4.79 Å². The molecule has 2 N–H and O–H groups in total. The Labute approximate surface area is 154 Å². The number of urea groups is 1. The van der Waals surface area contributed by atoms with Crippen LogP contribution in [-0.4, -0.2) is 42.1 Å². The Morgan fingerprint density at radius 1 is 1.00 bits per heavy atom. The van der Waals surface area contributed by atoms with Crippen molar-refractivity contribution in [2.45, 2.75) is 63.1 Å². The number of ether oxygens (including phenoxy) is 1. The van der Waals surface area contributed by atoms with E-state index in [1.807, 2.05) is 24.3 Å². The molecule has 1 aromatic carbocycles. The van der Waals surface area contributed by atoms with Crippen LogP contribution in [0, 0.1) is 0 Å². The number of hydrogen-bond acceptors (Lipinski definition) is 3. The molecule has 2 unspecified atom stereocenters. The minimum Gasteiger partial charge on any atom is -0.491 e. The zero-order valence-electron chi connectivity index (χ0n) is 15.1. The van der Waals surface area contributed by atoms with Crippen LogP contribution >= 0.6 is 0 Å². The van der Waals surface area contributed by atoms with Crippen molar-refractivity contribution >= 4 is 11.9 Å². The van der Waals surface area contributed by atoms with Gasteiger partial charge in [-0.1, -0.05) is 37.5 Å². The fourth-order valence-electron chi connectivity index (χ4n) is 4.34. The molecule has 0 radical (unpaired) electrons. The first kappa shape index (κ1) is 17.2. The van der Waals surface area contributed by atoms with Crippen LogP contribution in [0.1, 0.15) is 56.6 Å². The van der Waals surface area contributed by atoms with Crippen molar-refractivity contribution in [3.63, 3.8) is 0 Å². The fourth-order valence-corrected chi connectivity index (χ4v) is 4.34. The van der Waals surface area contributed by atoms with E-state index in [1.165, 1.54) is 19.3 Å². The number of nitrogens with zero attached hydrogens (tertiary/aromatic N) is 1. The van der Waals surface area contributed by atoms with Crippen molar-refractivity contribution in [1.29, 1.82) is 0 Å². The Morgan fingerprint density at radius 3 is 2.65 bits per heavy atom. The minimum absolute atomic E-state index is 0.0772. The number of para-hydroxylation sites is 1. The summed E-state index contributed by atoms with van der Waals surface area (Å²) in [5.74, 6) is 0.753. The maximum Gasteiger partial charge on any atom is 0.318 e. The van der Waals surface area contributed by atoms with E-state index in [1.54, 1.807) is 4.90 Å². The SMILES string of the molecule is O=C(NC1COc2ccccc21)C1CCCN1C(=O)NC1CCCCC1. The standard InChI is InChI=1S/C20H27N3O3/c24-19(22-16-13-26-18-11-5-4-9-15(16)18)17-10-6-12-23(17)20(25)21-14-7-2-1-3-8-14/h4-5,9,11,14,16-17H,1-3,6-8,10,12-13H2,(H,21,25)(H,22,24). The first-order chi connectivity index (χ1) is 12.7. The number of carbonyl (C=O) groups is 2. The summed E-state index contributed by atoms with van der Waals surface area (Å²) in [5, 5.41) is 6.22. The van der Waals surface area contributed by atoms with E-state index in [-0.39, 0.29) is 30.1 Å². The van der Waals surface area contributed by atoms with Gasteiger partial charge in [0, 0.05) is 18.2 Å². The molecule has 2 atom stereocenters. The van der Waals surface area contributed by atoms with E-state index in [0.717, 1.165) is 37.0 Å². The average Bonchev–Trinajstić information content (AvgIpc) is 3.30. The van der Waals surface area contributed by atoms with Gasteiger partial charge in [0.05, 0.1) is 6.04 Å². The number of likely N-dealkylation sites (tertiary alicyclic amines) is 1. The summed E-state index contributed by atoms with van der Waals surface area (Å²) < 4.78 is 5.64. The van der Waals surface area contributed by atoms with Crippen molar-refractivity contribution in [2.24, 2.45) is 0 Å². The number of carbonyl (C=O) groups excluding carboxylic acids is 2. The highest BCUT2D eigenvalue weighted by molar-refractivity contribution is 5.88.